The van der Waals surface area contributed by atoms with E-state index in [9.17, 15) is 4.79 Å². The van der Waals surface area contributed by atoms with E-state index in [0.717, 1.165) is 0 Å². The quantitative estimate of drug-likeness (QED) is 0.750. The Kier molecular flexibility index (Phi) is 2.51. The smallest absolute Gasteiger partial charge is 0.213 e. The summed E-state index contributed by atoms with van der Waals surface area (Å²) in [6, 6.07) is 6.87. The fourth-order valence-electron chi connectivity index (χ4n) is 1.87. The zero-order valence-corrected chi connectivity index (χ0v) is 9.92. The number of hydrogen-bond donors (Lipinski definition) is 0. The van der Waals surface area contributed by atoms with Gasteiger partial charge in [0, 0.05) is 18.8 Å². The highest BCUT2D eigenvalue weighted by molar-refractivity contribution is 6.08. The van der Waals surface area contributed by atoms with Crippen LogP contribution in [-0.4, -0.2) is 28.8 Å². The molecule has 0 amide bonds. The number of carbonyl (C=O) groups is 1. The monoisotopic (exact) mass is 244 g/mol. The maximum Gasteiger partial charge on any atom is 0.213 e. The van der Waals surface area contributed by atoms with Crippen molar-refractivity contribution in [1.82, 2.24) is 9.78 Å². The maximum atomic E-state index is 12.2. The molecule has 3 rings (SSSR count). The van der Waals surface area contributed by atoms with Gasteiger partial charge in [-0.1, -0.05) is 0 Å². The van der Waals surface area contributed by atoms with Gasteiger partial charge in [-0.25, -0.2) is 0 Å². The third kappa shape index (κ3) is 1.84. The lowest BCUT2D eigenvalue weighted by Gasteiger charge is -2.18. The van der Waals surface area contributed by atoms with E-state index in [1.165, 1.54) is 0 Å². The van der Waals surface area contributed by atoms with E-state index in [1.54, 1.807) is 42.2 Å². The van der Waals surface area contributed by atoms with Crippen LogP contribution in [0.1, 0.15) is 16.1 Å². The number of hydrogen-bond acceptors (Lipinski definition) is 4. The van der Waals surface area contributed by atoms with Crippen molar-refractivity contribution in [2.75, 3.05) is 13.2 Å². The standard InChI is InChI=1S/C13H12N2O3/c1-15-5-4-10(14-15)13(16)9-2-3-11-12(8-9)18-7-6-17-11/h2-5,8H,6-7H2,1H3. The SMILES string of the molecule is Cn1ccc(C(=O)c2ccc3c(c2)OCCO3)n1. The molecule has 0 aliphatic carbocycles. The van der Waals surface area contributed by atoms with Crippen molar-refractivity contribution in [1.29, 1.82) is 0 Å². The summed E-state index contributed by atoms with van der Waals surface area (Å²) in [4.78, 5) is 12.2. The van der Waals surface area contributed by atoms with Crippen LogP contribution in [0.3, 0.4) is 0 Å². The zero-order valence-electron chi connectivity index (χ0n) is 9.92. The maximum absolute atomic E-state index is 12.2. The highest BCUT2D eigenvalue weighted by Crippen LogP contribution is 2.31. The molecule has 1 aromatic heterocycles. The second kappa shape index (κ2) is 4.18. The van der Waals surface area contributed by atoms with Crippen LogP contribution in [0, 0.1) is 0 Å². The number of aryl methyl sites for hydroxylation is 1. The third-order valence-corrected chi connectivity index (χ3v) is 2.75. The highest BCUT2D eigenvalue weighted by atomic mass is 16.6. The molecule has 0 unspecified atom stereocenters. The van der Waals surface area contributed by atoms with Gasteiger partial charge in [0.05, 0.1) is 0 Å². The topological polar surface area (TPSA) is 53.4 Å². The molecule has 0 saturated heterocycles. The van der Waals surface area contributed by atoms with Crippen molar-refractivity contribution >= 4 is 5.78 Å². The molecule has 5 heteroatoms. The fourth-order valence-corrected chi connectivity index (χ4v) is 1.87. The second-order valence-electron chi connectivity index (χ2n) is 4.06. The first-order valence-corrected chi connectivity index (χ1v) is 5.68. The Morgan fingerprint density at radius 1 is 1.22 bits per heavy atom. The van der Waals surface area contributed by atoms with Crippen molar-refractivity contribution in [3.8, 4) is 11.5 Å². The van der Waals surface area contributed by atoms with E-state index >= 15 is 0 Å². The summed E-state index contributed by atoms with van der Waals surface area (Å²) in [6.45, 7) is 1.05. The van der Waals surface area contributed by atoms with Gasteiger partial charge in [0.1, 0.15) is 18.9 Å². The average molecular weight is 244 g/mol. The van der Waals surface area contributed by atoms with Crippen LogP contribution >= 0.6 is 0 Å². The minimum atomic E-state index is -0.118. The Morgan fingerprint density at radius 2 is 2.00 bits per heavy atom. The van der Waals surface area contributed by atoms with Crippen molar-refractivity contribution in [3.63, 3.8) is 0 Å². The number of aromatic nitrogens is 2. The van der Waals surface area contributed by atoms with Crippen LogP contribution in [0.4, 0.5) is 0 Å². The Bertz CT molecular complexity index is 604. The molecule has 0 bridgehead atoms. The molecule has 0 spiro atoms. The Labute approximate surface area is 104 Å². The van der Waals surface area contributed by atoms with Crippen LogP contribution in [0.2, 0.25) is 0 Å². The van der Waals surface area contributed by atoms with Gasteiger partial charge in [-0.15, -0.1) is 0 Å². The van der Waals surface area contributed by atoms with Gasteiger partial charge in [-0.05, 0) is 24.3 Å². The third-order valence-electron chi connectivity index (χ3n) is 2.75. The summed E-state index contributed by atoms with van der Waals surface area (Å²) < 4.78 is 12.5. The van der Waals surface area contributed by atoms with Gasteiger partial charge in [-0.3, -0.25) is 9.48 Å². The minimum Gasteiger partial charge on any atom is -0.486 e. The first kappa shape index (κ1) is 10.8. The van der Waals surface area contributed by atoms with Gasteiger partial charge in [0.2, 0.25) is 5.78 Å². The molecule has 92 valence electrons. The van der Waals surface area contributed by atoms with E-state index in [0.29, 0.717) is 36.0 Å². The largest absolute Gasteiger partial charge is 0.486 e. The second-order valence-corrected chi connectivity index (χ2v) is 4.06. The Balaban J connectivity index is 1.95. The summed E-state index contributed by atoms with van der Waals surface area (Å²) in [7, 11) is 1.78. The van der Waals surface area contributed by atoms with Gasteiger partial charge < -0.3 is 9.47 Å². The van der Waals surface area contributed by atoms with Gasteiger partial charge >= 0.3 is 0 Å². The summed E-state index contributed by atoms with van der Waals surface area (Å²) >= 11 is 0. The first-order chi connectivity index (χ1) is 8.74. The molecule has 1 aliphatic heterocycles. The molecule has 1 aromatic carbocycles. The summed E-state index contributed by atoms with van der Waals surface area (Å²) in [5.74, 6) is 1.18. The molecule has 5 nitrogen and oxygen atoms in total. The van der Waals surface area contributed by atoms with Crippen molar-refractivity contribution in [2.45, 2.75) is 0 Å². The lowest BCUT2D eigenvalue weighted by atomic mass is 10.1. The molecule has 1 aliphatic rings. The van der Waals surface area contributed by atoms with E-state index in [-0.39, 0.29) is 5.78 Å². The summed E-state index contributed by atoms with van der Waals surface area (Å²) in [6.07, 6.45) is 1.74. The molecular weight excluding hydrogens is 232 g/mol. The number of nitrogens with zero attached hydrogens (tertiary/aromatic N) is 2. The minimum absolute atomic E-state index is 0.118. The number of benzene rings is 1. The molecule has 2 aromatic rings. The molecular formula is C13H12N2O3. The Hall–Kier alpha value is -2.30. The van der Waals surface area contributed by atoms with Gasteiger partial charge in [0.25, 0.3) is 0 Å². The highest BCUT2D eigenvalue weighted by Gasteiger charge is 2.17. The molecule has 0 atom stereocenters. The summed E-state index contributed by atoms with van der Waals surface area (Å²) in [5, 5.41) is 4.09. The normalized spacial score (nSPS) is 13.4. The van der Waals surface area contributed by atoms with Crippen molar-refractivity contribution in [3.05, 3.63) is 41.7 Å². The lowest BCUT2D eigenvalue weighted by Crippen LogP contribution is -2.16. The van der Waals surface area contributed by atoms with Gasteiger partial charge in [-0.2, -0.15) is 5.10 Å². The first-order valence-electron chi connectivity index (χ1n) is 5.68. The number of ketones is 1. The van der Waals surface area contributed by atoms with Crippen molar-refractivity contribution in [2.24, 2.45) is 7.05 Å². The number of fused-ring (bicyclic) bond motifs is 1. The van der Waals surface area contributed by atoms with E-state index in [4.69, 9.17) is 9.47 Å². The predicted molar refractivity (Wildman–Crippen MR) is 64.1 cm³/mol. The Morgan fingerprint density at radius 3 is 2.72 bits per heavy atom. The van der Waals surface area contributed by atoms with E-state index in [2.05, 4.69) is 5.10 Å². The van der Waals surface area contributed by atoms with Crippen molar-refractivity contribution < 1.29 is 14.3 Å². The van der Waals surface area contributed by atoms with Crippen LogP contribution < -0.4 is 9.47 Å². The number of carbonyl (C=O) groups excluding carboxylic acids is 1. The van der Waals surface area contributed by atoms with Gasteiger partial charge in [0.15, 0.2) is 11.5 Å². The van der Waals surface area contributed by atoms with Crippen LogP contribution in [0.5, 0.6) is 11.5 Å². The van der Waals surface area contributed by atoms with Crippen LogP contribution in [-0.2, 0) is 7.05 Å². The molecule has 0 fully saturated rings. The molecule has 2 heterocycles. The fraction of sp³-hybridized carbons (Fsp3) is 0.231. The predicted octanol–water partition coefficient (Wildman–Crippen LogP) is 1.42. The van der Waals surface area contributed by atoms with E-state index < -0.39 is 0 Å². The zero-order chi connectivity index (χ0) is 12.5. The van der Waals surface area contributed by atoms with E-state index in [1.807, 2.05) is 0 Å². The molecule has 0 radical (unpaired) electrons. The number of ether oxygens (including phenoxy) is 2. The average Bonchev–Trinajstić information content (AvgIpc) is 2.84. The molecule has 0 saturated carbocycles. The lowest BCUT2D eigenvalue weighted by molar-refractivity contribution is 0.103. The number of rotatable bonds is 2. The molecule has 18 heavy (non-hydrogen) atoms. The van der Waals surface area contributed by atoms with Crippen LogP contribution in [0.25, 0.3) is 0 Å². The van der Waals surface area contributed by atoms with Crippen LogP contribution in [0.15, 0.2) is 30.5 Å². The molecule has 0 N–H and O–H groups in total. The summed E-state index contributed by atoms with van der Waals surface area (Å²) in [5.41, 5.74) is 0.979.